The minimum atomic E-state index is 0.545. The summed E-state index contributed by atoms with van der Waals surface area (Å²) in [6.07, 6.45) is 2.33. The van der Waals surface area contributed by atoms with Crippen molar-refractivity contribution in [2.45, 2.75) is 32.4 Å². The van der Waals surface area contributed by atoms with Crippen LogP contribution in [0.15, 0.2) is 35.7 Å². The SMILES string of the molecule is CCC1c2ccsc2CCN1Cc1cccc(OCCOC)c1. The maximum Gasteiger partial charge on any atom is 0.119 e. The smallest absolute Gasteiger partial charge is 0.119 e. The van der Waals surface area contributed by atoms with Crippen molar-refractivity contribution < 1.29 is 9.47 Å². The Labute approximate surface area is 142 Å². The summed E-state index contributed by atoms with van der Waals surface area (Å²) in [4.78, 5) is 4.17. The van der Waals surface area contributed by atoms with E-state index >= 15 is 0 Å². The van der Waals surface area contributed by atoms with E-state index in [4.69, 9.17) is 9.47 Å². The van der Waals surface area contributed by atoms with Gasteiger partial charge in [0.25, 0.3) is 0 Å². The number of fused-ring (bicyclic) bond motifs is 1. The number of hydrogen-bond acceptors (Lipinski definition) is 4. The molecule has 1 unspecified atom stereocenters. The van der Waals surface area contributed by atoms with E-state index in [1.54, 1.807) is 12.0 Å². The van der Waals surface area contributed by atoms with Crippen LogP contribution in [0.3, 0.4) is 0 Å². The molecule has 2 heterocycles. The first kappa shape index (κ1) is 16.5. The summed E-state index contributed by atoms with van der Waals surface area (Å²) < 4.78 is 10.8. The molecule has 3 rings (SSSR count). The van der Waals surface area contributed by atoms with Crippen molar-refractivity contribution in [1.82, 2.24) is 4.90 Å². The maximum atomic E-state index is 5.73. The Morgan fingerprint density at radius 2 is 2.17 bits per heavy atom. The Balaban J connectivity index is 1.68. The summed E-state index contributed by atoms with van der Waals surface area (Å²) in [5, 5.41) is 2.24. The summed E-state index contributed by atoms with van der Waals surface area (Å²) in [5.74, 6) is 0.931. The topological polar surface area (TPSA) is 21.7 Å². The molecule has 0 bridgehead atoms. The first-order valence-corrected chi connectivity index (χ1v) is 9.20. The van der Waals surface area contributed by atoms with Gasteiger partial charge in [-0.25, -0.2) is 0 Å². The number of nitrogens with zero attached hydrogens (tertiary/aromatic N) is 1. The number of benzene rings is 1. The van der Waals surface area contributed by atoms with Crippen LogP contribution < -0.4 is 4.74 Å². The van der Waals surface area contributed by atoms with Gasteiger partial charge >= 0.3 is 0 Å². The lowest BCUT2D eigenvalue weighted by atomic mass is 9.97. The standard InChI is InChI=1S/C19H25NO2S/c1-3-18-17-8-12-23-19(17)7-9-20(18)14-15-5-4-6-16(13-15)22-11-10-21-2/h4-6,8,12-13,18H,3,7,9-11,14H2,1-2H3. The lowest BCUT2D eigenvalue weighted by Crippen LogP contribution is -2.33. The van der Waals surface area contributed by atoms with Crippen molar-refractivity contribution >= 4 is 11.3 Å². The second-order valence-corrected chi connectivity index (χ2v) is 6.93. The number of ether oxygens (including phenoxy) is 2. The second-order valence-electron chi connectivity index (χ2n) is 5.93. The van der Waals surface area contributed by atoms with E-state index in [1.807, 2.05) is 17.4 Å². The molecule has 1 aliphatic heterocycles. The van der Waals surface area contributed by atoms with Crippen LogP contribution in [0.5, 0.6) is 5.75 Å². The zero-order valence-corrected chi connectivity index (χ0v) is 14.8. The highest BCUT2D eigenvalue weighted by Gasteiger charge is 2.26. The minimum absolute atomic E-state index is 0.545. The first-order valence-electron chi connectivity index (χ1n) is 8.32. The van der Waals surface area contributed by atoms with E-state index in [0.29, 0.717) is 19.3 Å². The molecule has 0 aliphatic carbocycles. The van der Waals surface area contributed by atoms with Gasteiger partial charge in [0.1, 0.15) is 12.4 Å². The van der Waals surface area contributed by atoms with Crippen molar-refractivity contribution in [2.24, 2.45) is 0 Å². The molecule has 1 atom stereocenters. The van der Waals surface area contributed by atoms with Gasteiger partial charge < -0.3 is 9.47 Å². The van der Waals surface area contributed by atoms with Gasteiger partial charge in [0.05, 0.1) is 6.61 Å². The molecule has 0 saturated carbocycles. The lowest BCUT2D eigenvalue weighted by molar-refractivity contribution is 0.146. The van der Waals surface area contributed by atoms with Crippen LogP contribution in [0.4, 0.5) is 0 Å². The van der Waals surface area contributed by atoms with E-state index in [0.717, 1.165) is 25.3 Å². The molecule has 0 spiro atoms. The van der Waals surface area contributed by atoms with E-state index in [-0.39, 0.29) is 0 Å². The van der Waals surface area contributed by atoms with E-state index in [2.05, 4.69) is 41.5 Å². The number of thiophene rings is 1. The van der Waals surface area contributed by atoms with Crippen LogP contribution in [-0.2, 0) is 17.7 Å². The molecule has 4 heteroatoms. The molecular formula is C19H25NO2S. The van der Waals surface area contributed by atoms with Gasteiger partial charge in [-0.2, -0.15) is 0 Å². The van der Waals surface area contributed by atoms with Crippen LogP contribution in [0, 0.1) is 0 Å². The predicted molar refractivity (Wildman–Crippen MR) is 95.3 cm³/mol. The Bertz CT molecular complexity index is 625. The third kappa shape index (κ3) is 3.94. The van der Waals surface area contributed by atoms with Crippen LogP contribution in [0.1, 0.15) is 35.4 Å². The van der Waals surface area contributed by atoms with Crippen molar-refractivity contribution in [2.75, 3.05) is 26.9 Å². The maximum absolute atomic E-state index is 5.73. The fraction of sp³-hybridized carbons (Fsp3) is 0.474. The highest BCUT2D eigenvalue weighted by atomic mass is 32.1. The molecule has 0 fully saturated rings. The molecule has 1 aliphatic rings. The Hall–Kier alpha value is -1.36. The molecule has 3 nitrogen and oxygen atoms in total. The average Bonchev–Trinajstić information content (AvgIpc) is 3.04. The zero-order valence-electron chi connectivity index (χ0n) is 14.0. The van der Waals surface area contributed by atoms with Crippen molar-refractivity contribution in [1.29, 1.82) is 0 Å². The third-order valence-electron chi connectivity index (χ3n) is 4.43. The molecule has 0 N–H and O–H groups in total. The highest BCUT2D eigenvalue weighted by molar-refractivity contribution is 7.10. The van der Waals surface area contributed by atoms with Gasteiger partial charge in [-0.3, -0.25) is 4.90 Å². The molecular weight excluding hydrogens is 306 g/mol. The Morgan fingerprint density at radius 3 is 3.00 bits per heavy atom. The second kappa shape index (κ2) is 7.95. The van der Waals surface area contributed by atoms with E-state index in [1.165, 1.54) is 17.5 Å². The Kier molecular flexibility index (Phi) is 5.70. The quantitative estimate of drug-likeness (QED) is 0.707. The van der Waals surface area contributed by atoms with Gasteiger partial charge in [-0.15, -0.1) is 11.3 Å². The Morgan fingerprint density at radius 1 is 1.26 bits per heavy atom. The first-order chi connectivity index (χ1) is 11.3. The van der Waals surface area contributed by atoms with Crippen molar-refractivity contribution in [3.63, 3.8) is 0 Å². The third-order valence-corrected chi connectivity index (χ3v) is 5.43. The summed E-state index contributed by atoms with van der Waals surface area (Å²) in [6, 6.07) is 11.3. The van der Waals surface area contributed by atoms with Gasteiger partial charge in [-0.1, -0.05) is 19.1 Å². The van der Waals surface area contributed by atoms with E-state index in [9.17, 15) is 0 Å². The average molecular weight is 331 g/mol. The normalized spacial score (nSPS) is 17.9. The lowest BCUT2D eigenvalue weighted by Gasteiger charge is -2.35. The van der Waals surface area contributed by atoms with Crippen LogP contribution in [-0.4, -0.2) is 31.8 Å². The monoisotopic (exact) mass is 331 g/mol. The number of rotatable bonds is 7. The predicted octanol–water partition coefficient (Wildman–Crippen LogP) is 4.28. The largest absolute Gasteiger partial charge is 0.491 e. The molecule has 124 valence electrons. The molecule has 1 aromatic heterocycles. The van der Waals surface area contributed by atoms with Gasteiger partial charge in [0, 0.05) is 31.1 Å². The molecule has 2 aromatic rings. The molecule has 0 amide bonds. The molecule has 0 radical (unpaired) electrons. The van der Waals surface area contributed by atoms with Crippen molar-refractivity contribution in [3.8, 4) is 5.75 Å². The summed E-state index contributed by atoms with van der Waals surface area (Å²) in [5.41, 5.74) is 2.85. The van der Waals surface area contributed by atoms with Crippen LogP contribution in [0.25, 0.3) is 0 Å². The fourth-order valence-electron chi connectivity index (χ4n) is 3.33. The highest BCUT2D eigenvalue weighted by Crippen LogP contribution is 2.36. The summed E-state index contributed by atoms with van der Waals surface area (Å²) in [6.45, 7) is 5.62. The molecule has 0 saturated heterocycles. The number of hydrogen-bond donors (Lipinski definition) is 0. The molecule has 23 heavy (non-hydrogen) atoms. The fourth-order valence-corrected chi connectivity index (χ4v) is 4.25. The summed E-state index contributed by atoms with van der Waals surface area (Å²) in [7, 11) is 1.69. The van der Waals surface area contributed by atoms with Crippen molar-refractivity contribution in [3.05, 3.63) is 51.7 Å². The summed E-state index contributed by atoms with van der Waals surface area (Å²) >= 11 is 1.91. The van der Waals surface area contributed by atoms with Gasteiger partial charge in [-0.05, 0) is 47.5 Å². The number of methoxy groups -OCH3 is 1. The zero-order chi connectivity index (χ0) is 16.1. The van der Waals surface area contributed by atoms with Gasteiger partial charge in [0.15, 0.2) is 0 Å². The van der Waals surface area contributed by atoms with Crippen LogP contribution in [0.2, 0.25) is 0 Å². The van der Waals surface area contributed by atoms with E-state index < -0.39 is 0 Å². The minimum Gasteiger partial charge on any atom is -0.491 e. The molecule has 1 aromatic carbocycles. The van der Waals surface area contributed by atoms with Crippen LogP contribution >= 0.6 is 11.3 Å². The van der Waals surface area contributed by atoms with Gasteiger partial charge in [0.2, 0.25) is 0 Å².